The van der Waals surface area contributed by atoms with Gasteiger partial charge in [-0.05, 0) is 0 Å². The van der Waals surface area contributed by atoms with Crippen molar-refractivity contribution in [1.82, 2.24) is 0 Å². The zero-order chi connectivity index (χ0) is 17.6. The third kappa shape index (κ3) is 4.62. The molecule has 24 heavy (non-hydrogen) atoms. The van der Waals surface area contributed by atoms with E-state index in [0.717, 1.165) is 0 Å². The van der Waals surface area contributed by atoms with Crippen LogP contribution in [0.1, 0.15) is 69.2 Å². The van der Waals surface area contributed by atoms with Gasteiger partial charge in [0.25, 0.3) is 0 Å². The van der Waals surface area contributed by atoms with E-state index >= 15 is 0 Å². The Hall–Kier alpha value is 0.969. The fraction of sp³-hybridized carbons (Fsp3) is 0.600. The first-order chi connectivity index (χ1) is 9.77. The van der Waals surface area contributed by atoms with Crippen molar-refractivity contribution in [2.45, 2.75) is 76.7 Å². The summed E-state index contributed by atoms with van der Waals surface area (Å²) in [7, 11) is 0. The molecule has 0 radical (unpaired) electrons. The van der Waals surface area contributed by atoms with Crippen molar-refractivity contribution >= 4 is 0 Å². The average Bonchev–Trinajstić information content (AvgIpc) is 2.67. The van der Waals surface area contributed by atoms with Crippen molar-refractivity contribution in [3.05, 3.63) is 44.6 Å². The Kier molecular flexibility index (Phi) is 10.5. The predicted octanol–water partition coefficient (Wildman–Crippen LogP) is 0.804. The summed E-state index contributed by atoms with van der Waals surface area (Å²) >= 11 is 4.61. The summed E-state index contributed by atoms with van der Waals surface area (Å²) in [6.07, 6.45) is 0. The SMILES string of the molecule is CC1=C(C)[C](C)([Ti+3])C(C)=C1C.CC1=C(C)[C](C)([Ti+3])C(C)=C1C.[Cl-].[Cl-]. The minimum Gasteiger partial charge on any atom is -1.00 e. The normalized spacial score (nSPS) is 21.6. The van der Waals surface area contributed by atoms with Gasteiger partial charge >= 0.3 is 162 Å². The molecule has 0 aromatic rings. The summed E-state index contributed by atoms with van der Waals surface area (Å²) in [4.78, 5) is 0. The van der Waals surface area contributed by atoms with E-state index in [1.165, 1.54) is 44.6 Å². The van der Waals surface area contributed by atoms with Crippen LogP contribution in [0.3, 0.4) is 0 Å². The monoisotopic (exact) mass is 436 g/mol. The maximum Gasteiger partial charge on any atom is -1.00 e. The second kappa shape index (κ2) is 9.25. The molecule has 0 heterocycles. The Morgan fingerprint density at radius 2 is 0.583 bits per heavy atom. The first kappa shape index (κ1) is 27.2. The van der Waals surface area contributed by atoms with Crippen LogP contribution in [0.5, 0.6) is 0 Å². The van der Waals surface area contributed by atoms with Gasteiger partial charge in [-0.3, -0.25) is 0 Å². The van der Waals surface area contributed by atoms with Crippen LogP contribution in [-0.2, 0) is 40.9 Å². The number of hydrogen-bond acceptors (Lipinski definition) is 0. The fourth-order valence-corrected chi connectivity index (χ4v) is 4.36. The first-order valence-corrected chi connectivity index (χ1v) is 9.56. The number of hydrogen-bond donors (Lipinski definition) is 0. The van der Waals surface area contributed by atoms with Crippen molar-refractivity contribution in [3.63, 3.8) is 0 Å². The van der Waals surface area contributed by atoms with Crippen LogP contribution in [0.2, 0.25) is 7.44 Å². The van der Waals surface area contributed by atoms with E-state index in [-0.39, 0.29) is 24.8 Å². The molecule has 0 fully saturated rings. The van der Waals surface area contributed by atoms with E-state index < -0.39 is 0 Å². The molecule has 2 rings (SSSR count). The van der Waals surface area contributed by atoms with Gasteiger partial charge in [-0.2, -0.15) is 0 Å². The second-order valence-corrected chi connectivity index (χ2v) is 10.4. The Morgan fingerprint density at radius 1 is 0.458 bits per heavy atom. The fourth-order valence-electron chi connectivity index (χ4n) is 3.19. The Labute approximate surface area is 185 Å². The summed E-state index contributed by atoms with van der Waals surface area (Å²) in [5.74, 6) is 0. The molecular formula is C20H30Cl2Ti2+4. The molecule has 0 unspecified atom stereocenters. The van der Waals surface area contributed by atoms with E-state index in [0.29, 0.717) is 7.44 Å². The van der Waals surface area contributed by atoms with Crippen molar-refractivity contribution in [2.75, 3.05) is 0 Å². The summed E-state index contributed by atoms with van der Waals surface area (Å²) in [5, 5.41) is 0. The molecule has 0 N–H and O–H groups in total. The molecule has 0 bridgehead atoms. The number of allylic oxidation sites excluding steroid dienone is 8. The van der Waals surface area contributed by atoms with E-state index in [2.05, 4.69) is 110 Å². The molecule has 0 spiro atoms. The topological polar surface area (TPSA) is 0 Å². The van der Waals surface area contributed by atoms with E-state index in [1.807, 2.05) is 0 Å². The smallest absolute Gasteiger partial charge is 1.00 e. The molecule has 128 valence electrons. The molecule has 2 aliphatic rings. The molecular weight excluding hydrogens is 407 g/mol. The molecule has 0 aromatic carbocycles. The first-order valence-electron chi connectivity index (χ1n) is 8.00. The third-order valence-electron chi connectivity index (χ3n) is 6.38. The van der Waals surface area contributed by atoms with Gasteiger partial charge in [-0.25, -0.2) is 0 Å². The molecule has 2 aliphatic carbocycles. The average molecular weight is 437 g/mol. The van der Waals surface area contributed by atoms with Crippen molar-refractivity contribution in [2.24, 2.45) is 0 Å². The number of rotatable bonds is 0. The van der Waals surface area contributed by atoms with Gasteiger partial charge in [0.1, 0.15) is 0 Å². The minimum atomic E-state index is 0. The van der Waals surface area contributed by atoms with Gasteiger partial charge in [-0.1, -0.05) is 0 Å². The van der Waals surface area contributed by atoms with Gasteiger partial charge in [0.2, 0.25) is 0 Å². The largest absolute Gasteiger partial charge is 1.00 e. The minimum absolute atomic E-state index is 0. The van der Waals surface area contributed by atoms with E-state index in [1.54, 1.807) is 0 Å². The molecule has 0 saturated heterocycles. The maximum absolute atomic E-state index is 2.30. The maximum atomic E-state index is 2.30. The summed E-state index contributed by atoms with van der Waals surface area (Å²) in [5.41, 5.74) is 12.1. The zero-order valence-electron chi connectivity index (χ0n) is 16.8. The quantitative estimate of drug-likeness (QED) is 0.493. The van der Waals surface area contributed by atoms with E-state index in [9.17, 15) is 0 Å². The molecule has 0 saturated carbocycles. The third-order valence-corrected chi connectivity index (χ3v) is 8.72. The Bertz CT molecular complexity index is 522. The molecule has 0 aliphatic heterocycles. The predicted molar refractivity (Wildman–Crippen MR) is 90.2 cm³/mol. The molecule has 0 nitrogen and oxygen atoms in total. The molecule has 0 amide bonds. The van der Waals surface area contributed by atoms with Crippen LogP contribution in [-0.4, -0.2) is 0 Å². The van der Waals surface area contributed by atoms with Gasteiger partial charge in [0, 0.05) is 0 Å². The van der Waals surface area contributed by atoms with Crippen LogP contribution in [0.25, 0.3) is 0 Å². The van der Waals surface area contributed by atoms with Gasteiger partial charge < -0.3 is 24.8 Å². The van der Waals surface area contributed by atoms with Crippen LogP contribution >= 0.6 is 0 Å². The van der Waals surface area contributed by atoms with Crippen LogP contribution < -0.4 is 24.8 Å². The second-order valence-electron chi connectivity index (χ2n) is 7.25. The van der Waals surface area contributed by atoms with Gasteiger partial charge in [0.05, 0.1) is 0 Å². The van der Waals surface area contributed by atoms with Gasteiger partial charge in [0.15, 0.2) is 0 Å². The van der Waals surface area contributed by atoms with Crippen molar-refractivity contribution in [1.29, 1.82) is 0 Å². The van der Waals surface area contributed by atoms with E-state index in [4.69, 9.17) is 0 Å². The van der Waals surface area contributed by atoms with Crippen molar-refractivity contribution in [3.8, 4) is 0 Å². The molecule has 0 aromatic heterocycles. The molecule has 0 atom stereocenters. The Balaban J connectivity index is 0. The summed E-state index contributed by atoms with van der Waals surface area (Å²) < 4.78 is 0.627. The van der Waals surface area contributed by atoms with Crippen LogP contribution in [0.4, 0.5) is 0 Å². The standard InChI is InChI=1S/2C10H15.2ClH.2Ti/c2*1-6-7(2)9(4)10(5)8(6)3;;;;/h2*1-5H3;2*1H;;/q;;;;2*+3/p-2. The van der Waals surface area contributed by atoms with Crippen LogP contribution in [0, 0.1) is 0 Å². The number of halogens is 2. The van der Waals surface area contributed by atoms with Crippen molar-refractivity contribution < 1.29 is 65.7 Å². The molecule has 4 heteroatoms. The zero-order valence-corrected chi connectivity index (χ0v) is 21.4. The van der Waals surface area contributed by atoms with Gasteiger partial charge in [-0.15, -0.1) is 0 Å². The summed E-state index contributed by atoms with van der Waals surface area (Å²) in [6, 6.07) is 0. The van der Waals surface area contributed by atoms with Crippen LogP contribution in [0.15, 0.2) is 44.6 Å². The summed E-state index contributed by atoms with van der Waals surface area (Å²) in [6.45, 7) is 22.5. The Morgan fingerprint density at radius 3 is 0.625 bits per heavy atom.